The van der Waals surface area contributed by atoms with Crippen LogP contribution in [0.25, 0.3) is 5.69 Å². The zero-order valence-corrected chi connectivity index (χ0v) is 18.3. The van der Waals surface area contributed by atoms with Crippen molar-refractivity contribution in [2.24, 2.45) is 0 Å². The zero-order chi connectivity index (χ0) is 21.0. The number of benzene rings is 2. The summed E-state index contributed by atoms with van der Waals surface area (Å²) in [4.78, 5) is 13.6. The van der Waals surface area contributed by atoms with Crippen LogP contribution in [0.2, 0.25) is 0 Å². The first-order valence-corrected chi connectivity index (χ1v) is 10.5. The van der Waals surface area contributed by atoms with Crippen molar-refractivity contribution in [3.05, 3.63) is 71.0 Å². The minimum absolute atomic E-state index is 0.162. The van der Waals surface area contributed by atoms with Crippen molar-refractivity contribution in [1.29, 1.82) is 0 Å². The number of hydrogen-bond donors (Lipinski definition) is 1. The zero-order valence-electron chi connectivity index (χ0n) is 17.5. The number of carbonyl (C=O) groups is 1. The average Bonchev–Trinajstić information content (AvgIpc) is 3.12. The summed E-state index contributed by atoms with van der Waals surface area (Å²) in [5.74, 6) is 1.51. The third-order valence-electron chi connectivity index (χ3n) is 4.70. The van der Waals surface area contributed by atoms with Crippen molar-refractivity contribution in [3.63, 3.8) is 0 Å². The van der Waals surface area contributed by atoms with E-state index in [-0.39, 0.29) is 12.1 Å². The maximum absolute atomic E-state index is 12.1. The number of aryl methyl sites for hydroxylation is 2. The van der Waals surface area contributed by atoms with E-state index >= 15 is 0 Å². The number of thioether (sulfide) groups is 1. The van der Waals surface area contributed by atoms with E-state index in [2.05, 4.69) is 71.8 Å². The lowest BCUT2D eigenvalue weighted by Gasteiger charge is -2.19. The van der Waals surface area contributed by atoms with E-state index in [0.29, 0.717) is 5.82 Å². The first kappa shape index (κ1) is 20.9. The van der Waals surface area contributed by atoms with E-state index in [0.717, 1.165) is 16.6 Å². The van der Waals surface area contributed by atoms with Gasteiger partial charge in [-0.25, -0.2) is 4.79 Å². The predicted octanol–water partition coefficient (Wildman–Crippen LogP) is 4.51. The number of amides is 2. The second kappa shape index (κ2) is 9.13. The topological polar surface area (TPSA) is 63.1 Å². The molecule has 1 aromatic heterocycles. The minimum atomic E-state index is -0.286. The third kappa shape index (κ3) is 4.98. The first-order chi connectivity index (χ1) is 13.9. The van der Waals surface area contributed by atoms with Gasteiger partial charge in [0, 0.05) is 25.5 Å². The molecule has 0 aliphatic rings. The summed E-state index contributed by atoms with van der Waals surface area (Å²) < 4.78 is 2.03. The van der Waals surface area contributed by atoms with Crippen LogP contribution in [0.1, 0.15) is 35.5 Å². The lowest BCUT2D eigenvalue weighted by molar-refractivity contribution is 0.213. The van der Waals surface area contributed by atoms with Crippen LogP contribution in [0.3, 0.4) is 0 Å². The van der Waals surface area contributed by atoms with Gasteiger partial charge in [0.1, 0.15) is 0 Å². The van der Waals surface area contributed by atoms with Crippen molar-refractivity contribution < 1.29 is 4.79 Å². The number of hydrogen-bond acceptors (Lipinski definition) is 4. The lowest BCUT2D eigenvalue weighted by Crippen LogP contribution is -2.37. The molecule has 1 atom stereocenters. The quantitative estimate of drug-likeness (QED) is 0.609. The predicted molar refractivity (Wildman–Crippen MR) is 117 cm³/mol. The van der Waals surface area contributed by atoms with Crippen LogP contribution in [0.5, 0.6) is 0 Å². The standard InChI is InChI=1S/C22H27N5OS/c1-15-10-12-19(13-11-15)27-20(17(3)23-21(28)26(4)5)24-25-22(27)29-14-18-9-7-6-8-16(18)2/h6-13,17H,14H2,1-5H3,(H,23,28)/t17-/m0/s1. The first-order valence-electron chi connectivity index (χ1n) is 9.54. The second-order valence-corrected chi connectivity index (χ2v) is 8.23. The fourth-order valence-corrected chi connectivity index (χ4v) is 3.92. The molecule has 0 spiro atoms. The third-order valence-corrected chi connectivity index (χ3v) is 5.68. The van der Waals surface area contributed by atoms with Crippen LogP contribution in [-0.4, -0.2) is 39.8 Å². The molecule has 0 saturated carbocycles. The van der Waals surface area contributed by atoms with Gasteiger partial charge in [-0.1, -0.05) is 53.7 Å². The molecule has 1 heterocycles. The molecule has 7 heteroatoms. The van der Waals surface area contributed by atoms with Crippen LogP contribution in [0.4, 0.5) is 4.79 Å². The molecule has 6 nitrogen and oxygen atoms in total. The SMILES string of the molecule is Cc1ccc(-n2c(SCc3ccccc3C)nnc2[C@H](C)NC(=O)N(C)C)cc1. The normalized spacial score (nSPS) is 11.9. The summed E-state index contributed by atoms with van der Waals surface area (Å²) in [6.45, 7) is 6.10. The van der Waals surface area contributed by atoms with Crippen LogP contribution in [0.15, 0.2) is 53.7 Å². The number of rotatable bonds is 6. The highest BCUT2D eigenvalue weighted by Gasteiger charge is 2.21. The van der Waals surface area contributed by atoms with Gasteiger partial charge in [0.05, 0.1) is 6.04 Å². The van der Waals surface area contributed by atoms with Crippen molar-refractivity contribution in [1.82, 2.24) is 25.0 Å². The molecule has 0 bridgehead atoms. The number of urea groups is 1. The molecule has 0 radical (unpaired) electrons. The highest BCUT2D eigenvalue weighted by molar-refractivity contribution is 7.98. The van der Waals surface area contributed by atoms with Crippen molar-refractivity contribution in [2.45, 2.75) is 37.7 Å². The molecule has 0 aliphatic heterocycles. The Morgan fingerprint density at radius 2 is 1.79 bits per heavy atom. The number of nitrogens with one attached hydrogen (secondary N) is 1. The Morgan fingerprint density at radius 3 is 2.45 bits per heavy atom. The van der Waals surface area contributed by atoms with Crippen molar-refractivity contribution in [3.8, 4) is 5.69 Å². The summed E-state index contributed by atoms with van der Waals surface area (Å²) in [5.41, 5.74) is 4.69. The van der Waals surface area contributed by atoms with Crippen LogP contribution in [-0.2, 0) is 5.75 Å². The molecule has 0 saturated heterocycles. The van der Waals surface area contributed by atoms with E-state index in [4.69, 9.17) is 0 Å². The summed E-state index contributed by atoms with van der Waals surface area (Å²) >= 11 is 1.64. The highest BCUT2D eigenvalue weighted by atomic mass is 32.2. The Kier molecular flexibility index (Phi) is 6.59. The molecule has 2 aromatic carbocycles. The Labute approximate surface area is 176 Å². The van der Waals surface area contributed by atoms with E-state index in [1.54, 1.807) is 25.9 Å². The van der Waals surface area contributed by atoms with Crippen LogP contribution < -0.4 is 5.32 Å². The van der Waals surface area contributed by atoms with Gasteiger partial charge in [-0.3, -0.25) is 4.57 Å². The number of nitrogens with zero attached hydrogens (tertiary/aromatic N) is 4. The Morgan fingerprint density at radius 1 is 1.10 bits per heavy atom. The summed E-state index contributed by atoms with van der Waals surface area (Å²) in [6.07, 6.45) is 0. The van der Waals surface area contributed by atoms with E-state index in [1.807, 2.05) is 17.6 Å². The summed E-state index contributed by atoms with van der Waals surface area (Å²) in [5, 5.41) is 12.6. The minimum Gasteiger partial charge on any atom is -0.331 e. The summed E-state index contributed by atoms with van der Waals surface area (Å²) in [6, 6.07) is 16.2. The molecule has 0 fully saturated rings. The number of aromatic nitrogens is 3. The molecule has 0 unspecified atom stereocenters. The van der Waals surface area contributed by atoms with Gasteiger partial charge >= 0.3 is 6.03 Å². The molecule has 2 amide bonds. The van der Waals surface area contributed by atoms with Gasteiger partial charge in [0.25, 0.3) is 0 Å². The molecule has 0 aliphatic carbocycles. The monoisotopic (exact) mass is 409 g/mol. The number of carbonyl (C=O) groups excluding carboxylic acids is 1. The highest BCUT2D eigenvalue weighted by Crippen LogP contribution is 2.28. The lowest BCUT2D eigenvalue weighted by atomic mass is 10.1. The second-order valence-electron chi connectivity index (χ2n) is 7.29. The molecule has 3 rings (SSSR count). The van der Waals surface area contributed by atoms with Gasteiger partial charge < -0.3 is 10.2 Å². The van der Waals surface area contributed by atoms with Crippen LogP contribution in [0, 0.1) is 13.8 Å². The average molecular weight is 410 g/mol. The molecule has 3 aromatic rings. The molecule has 29 heavy (non-hydrogen) atoms. The maximum Gasteiger partial charge on any atom is 0.317 e. The fourth-order valence-electron chi connectivity index (χ4n) is 2.88. The van der Waals surface area contributed by atoms with Gasteiger partial charge in [-0.2, -0.15) is 0 Å². The fraction of sp³-hybridized carbons (Fsp3) is 0.318. The maximum atomic E-state index is 12.1. The Bertz CT molecular complexity index is 981. The van der Waals surface area contributed by atoms with Crippen LogP contribution >= 0.6 is 11.8 Å². The Hall–Kier alpha value is -2.80. The van der Waals surface area contributed by atoms with Gasteiger partial charge in [0.2, 0.25) is 0 Å². The Balaban J connectivity index is 1.93. The van der Waals surface area contributed by atoms with Crippen molar-refractivity contribution in [2.75, 3.05) is 14.1 Å². The smallest absolute Gasteiger partial charge is 0.317 e. The summed E-state index contributed by atoms with van der Waals surface area (Å²) in [7, 11) is 3.44. The van der Waals surface area contributed by atoms with E-state index in [9.17, 15) is 4.79 Å². The van der Waals surface area contributed by atoms with Gasteiger partial charge in [0.15, 0.2) is 11.0 Å². The largest absolute Gasteiger partial charge is 0.331 e. The van der Waals surface area contributed by atoms with E-state index < -0.39 is 0 Å². The van der Waals surface area contributed by atoms with Crippen molar-refractivity contribution >= 4 is 17.8 Å². The molecule has 1 N–H and O–H groups in total. The van der Waals surface area contributed by atoms with Gasteiger partial charge in [-0.15, -0.1) is 10.2 Å². The molecular weight excluding hydrogens is 382 g/mol. The molecular formula is C22H27N5OS. The molecule has 152 valence electrons. The van der Waals surface area contributed by atoms with E-state index in [1.165, 1.54) is 21.6 Å². The van der Waals surface area contributed by atoms with Gasteiger partial charge in [-0.05, 0) is 44.0 Å².